The quantitative estimate of drug-likeness (QED) is 0.433. The van der Waals surface area contributed by atoms with Crippen LogP contribution in [0.15, 0.2) is 79.1 Å². The van der Waals surface area contributed by atoms with Crippen molar-refractivity contribution in [1.29, 1.82) is 0 Å². The van der Waals surface area contributed by atoms with Gasteiger partial charge in [-0.25, -0.2) is 9.97 Å². The fourth-order valence-electron chi connectivity index (χ4n) is 3.70. The van der Waals surface area contributed by atoms with E-state index in [2.05, 4.69) is 15.3 Å². The van der Waals surface area contributed by atoms with E-state index in [9.17, 15) is 4.79 Å². The van der Waals surface area contributed by atoms with Crippen molar-refractivity contribution < 1.29 is 4.79 Å². The number of nitrogen functional groups attached to an aromatic ring is 1. The first-order valence-electron chi connectivity index (χ1n) is 9.74. The minimum Gasteiger partial charge on any atom is -0.383 e. The summed E-state index contributed by atoms with van der Waals surface area (Å²) in [6.07, 6.45) is 1.44. The Morgan fingerprint density at radius 3 is 2.65 bits per heavy atom. The number of benzene rings is 3. The van der Waals surface area contributed by atoms with Crippen molar-refractivity contribution in [1.82, 2.24) is 19.9 Å². The van der Waals surface area contributed by atoms with Crippen molar-refractivity contribution in [2.45, 2.75) is 6.54 Å². The molecule has 3 N–H and O–H groups in total. The molecule has 152 valence electrons. The Morgan fingerprint density at radius 1 is 1.00 bits per heavy atom. The predicted octanol–water partition coefficient (Wildman–Crippen LogP) is 4.74. The third-order valence-corrected chi connectivity index (χ3v) is 5.47. The van der Waals surface area contributed by atoms with Crippen LogP contribution in [0.1, 0.15) is 16.1 Å². The smallest absolute Gasteiger partial charge is 0.268 e. The van der Waals surface area contributed by atoms with Crippen molar-refractivity contribution in [3.63, 3.8) is 0 Å². The van der Waals surface area contributed by atoms with Gasteiger partial charge >= 0.3 is 0 Å². The molecule has 0 saturated carbocycles. The van der Waals surface area contributed by atoms with Gasteiger partial charge in [-0.15, -0.1) is 0 Å². The predicted molar refractivity (Wildman–Crippen MR) is 123 cm³/mol. The summed E-state index contributed by atoms with van der Waals surface area (Å²) in [6, 6.07) is 22.9. The lowest BCUT2D eigenvalue weighted by Crippen LogP contribution is -2.25. The molecule has 6 nitrogen and oxygen atoms in total. The Bertz CT molecular complexity index is 1430. The Balaban J connectivity index is 1.47. The molecule has 0 fully saturated rings. The SMILES string of the molecule is Nc1ncnc2cc(CNC(=O)c3cc4ccccc4n3-c3ccc(Cl)cc3)ccc12. The van der Waals surface area contributed by atoms with Gasteiger partial charge in [0.2, 0.25) is 0 Å². The van der Waals surface area contributed by atoms with Crippen LogP contribution in [0.4, 0.5) is 5.82 Å². The highest BCUT2D eigenvalue weighted by Crippen LogP contribution is 2.25. The largest absolute Gasteiger partial charge is 0.383 e. The molecule has 1 amide bonds. The van der Waals surface area contributed by atoms with Crippen molar-refractivity contribution in [3.05, 3.63) is 95.4 Å². The van der Waals surface area contributed by atoms with Gasteiger partial charge in [-0.05, 0) is 54.1 Å². The second-order valence-electron chi connectivity index (χ2n) is 7.19. The second-order valence-corrected chi connectivity index (χ2v) is 7.63. The molecule has 0 unspecified atom stereocenters. The first-order valence-corrected chi connectivity index (χ1v) is 10.1. The van der Waals surface area contributed by atoms with Gasteiger partial charge in [0, 0.05) is 28.0 Å². The van der Waals surface area contributed by atoms with Gasteiger partial charge < -0.3 is 15.6 Å². The topological polar surface area (TPSA) is 85.8 Å². The van der Waals surface area contributed by atoms with E-state index < -0.39 is 0 Å². The summed E-state index contributed by atoms with van der Waals surface area (Å²) in [5.74, 6) is 0.265. The lowest BCUT2D eigenvalue weighted by molar-refractivity contribution is 0.0944. The minimum atomic E-state index is -0.173. The van der Waals surface area contributed by atoms with E-state index in [4.69, 9.17) is 17.3 Å². The number of halogens is 1. The zero-order valence-electron chi connectivity index (χ0n) is 16.4. The van der Waals surface area contributed by atoms with Crippen LogP contribution < -0.4 is 11.1 Å². The molecule has 0 radical (unpaired) electrons. The van der Waals surface area contributed by atoms with E-state index in [1.807, 2.05) is 77.4 Å². The fraction of sp³-hybridized carbons (Fsp3) is 0.0417. The van der Waals surface area contributed by atoms with Crippen LogP contribution in [0, 0.1) is 0 Å². The van der Waals surface area contributed by atoms with Crippen LogP contribution in [-0.2, 0) is 6.54 Å². The van der Waals surface area contributed by atoms with E-state index in [-0.39, 0.29) is 5.91 Å². The maximum atomic E-state index is 13.2. The summed E-state index contributed by atoms with van der Waals surface area (Å²) >= 11 is 6.06. The number of nitrogens with two attached hydrogens (primary N) is 1. The zero-order chi connectivity index (χ0) is 21.4. The molecule has 5 rings (SSSR count). The molecule has 0 aliphatic heterocycles. The summed E-state index contributed by atoms with van der Waals surface area (Å²) in [5, 5.41) is 5.44. The van der Waals surface area contributed by atoms with Crippen LogP contribution in [0.3, 0.4) is 0 Å². The molecule has 2 heterocycles. The highest BCUT2D eigenvalue weighted by atomic mass is 35.5. The Labute approximate surface area is 183 Å². The van der Waals surface area contributed by atoms with Gasteiger partial charge in [-0.1, -0.05) is 35.9 Å². The highest BCUT2D eigenvalue weighted by molar-refractivity contribution is 6.30. The van der Waals surface area contributed by atoms with E-state index in [0.29, 0.717) is 23.1 Å². The number of carbonyl (C=O) groups excluding carboxylic acids is 1. The molecule has 0 spiro atoms. The minimum absolute atomic E-state index is 0.173. The van der Waals surface area contributed by atoms with Gasteiger partial charge in [-0.3, -0.25) is 4.79 Å². The number of rotatable bonds is 4. The van der Waals surface area contributed by atoms with Gasteiger partial charge in [0.25, 0.3) is 5.91 Å². The summed E-state index contributed by atoms with van der Waals surface area (Å²) in [4.78, 5) is 21.4. The fourth-order valence-corrected chi connectivity index (χ4v) is 3.82. The molecular weight excluding hydrogens is 410 g/mol. The number of anilines is 1. The van der Waals surface area contributed by atoms with E-state index >= 15 is 0 Å². The summed E-state index contributed by atoms with van der Waals surface area (Å²) < 4.78 is 1.94. The molecule has 2 aromatic heterocycles. The van der Waals surface area contributed by atoms with Crippen molar-refractivity contribution in [2.24, 2.45) is 0 Å². The van der Waals surface area contributed by atoms with Crippen molar-refractivity contribution in [3.8, 4) is 5.69 Å². The molecule has 0 bridgehead atoms. The monoisotopic (exact) mass is 427 g/mol. The Morgan fingerprint density at radius 2 is 1.81 bits per heavy atom. The highest BCUT2D eigenvalue weighted by Gasteiger charge is 2.17. The standard InChI is InChI=1S/C24H18ClN5O/c25-17-6-8-18(9-7-17)30-21-4-2-1-3-16(21)12-22(30)24(31)27-13-15-5-10-19-20(11-15)28-14-29-23(19)26/h1-12,14H,13H2,(H,27,31)(H2,26,28,29). The summed E-state index contributed by atoms with van der Waals surface area (Å²) in [5.41, 5.74) is 9.93. The summed E-state index contributed by atoms with van der Waals surface area (Å²) in [7, 11) is 0. The number of nitrogens with one attached hydrogen (secondary N) is 1. The van der Waals surface area contributed by atoms with E-state index in [0.717, 1.165) is 33.1 Å². The molecule has 0 saturated heterocycles. The average Bonchev–Trinajstić information content (AvgIpc) is 3.18. The molecule has 31 heavy (non-hydrogen) atoms. The van der Waals surface area contributed by atoms with Crippen LogP contribution in [-0.4, -0.2) is 20.4 Å². The van der Waals surface area contributed by atoms with Gasteiger partial charge in [0.15, 0.2) is 0 Å². The lowest BCUT2D eigenvalue weighted by Gasteiger charge is -2.12. The van der Waals surface area contributed by atoms with E-state index in [1.165, 1.54) is 6.33 Å². The molecule has 0 aliphatic rings. The summed E-state index contributed by atoms with van der Waals surface area (Å²) in [6.45, 7) is 0.362. The van der Waals surface area contributed by atoms with Gasteiger partial charge in [0.05, 0.1) is 11.0 Å². The molecule has 7 heteroatoms. The first kappa shape index (κ1) is 19.1. The van der Waals surface area contributed by atoms with Crippen molar-refractivity contribution in [2.75, 3.05) is 5.73 Å². The van der Waals surface area contributed by atoms with Crippen LogP contribution in [0.5, 0.6) is 0 Å². The first-order chi connectivity index (χ1) is 15.1. The lowest BCUT2D eigenvalue weighted by atomic mass is 10.1. The molecular formula is C24H18ClN5O. The molecule has 5 aromatic rings. The number of hydrogen-bond donors (Lipinski definition) is 2. The van der Waals surface area contributed by atoms with Crippen LogP contribution in [0.2, 0.25) is 5.02 Å². The average molecular weight is 428 g/mol. The van der Waals surface area contributed by atoms with Crippen LogP contribution >= 0.6 is 11.6 Å². The number of aromatic nitrogens is 3. The number of carbonyl (C=O) groups is 1. The van der Waals surface area contributed by atoms with Crippen LogP contribution in [0.25, 0.3) is 27.5 Å². The van der Waals surface area contributed by atoms with Gasteiger partial charge in [0.1, 0.15) is 17.8 Å². The number of amides is 1. The number of para-hydroxylation sites is 1. The maximum absolute atomic E-state index is 13.2. The molecule has 0 atom stereocenters. The Hall–Kier alpha value is -3.90. The van der Waals surface area contributed by atoms with Crippen molar-refractivity contribution >= 4 is 45.1 Å². The molecule has 0 aliphatic carbocycles. The second kappa shape index (κ2) is 7.74. The zero-order valence-corrected chi connectivity index (χ0v) is 17.2. The van der Waals surface area contributed by atoms with Gasteiger partial charge in [-0.2, -0.15) is 0 Å². The third-order valence-electron chi connectivity index (χ3n) is 5.21. The van der Waals surface area contributed by atoms with E-state index in [1.54, 1.807) is 0 Å². The third kappa shape index (κ3) is 3.58. The normalized spacial score (nSPS) is 11.1. The number of hydrogen-bond acceptors (Lipinski definition) is 4. The number of fused-ring (bicyclic) bond motifs is 2. The maximum Gasteiger partial charge on any atom is 0.268 e. The number of nitrogens with zero attached hydrogens (tertiary/aromatic N) is 3. The Kier molecular flexibility index (Phi) is 4.76. The molecule has 3 aromatic carbocycles.